The van der Waals surface area contributed by atoms with Crippen LogP contribution in [-0.4, -0.2) is 40.8 Å². The maximum absolute atomic E-state index is 12.8. The minimum Gasteiger partial charge on any atom is -0.380 e. The van der Waals surface area contributed by atoms with E-state index in [9.17, 15) is 23.1 Å². The third-order valence-corrected chi connectivity index (χ3v) is 5.21. The van der Waals surface area contributed by atoms with Gasteiger partial charge in [0.05, 0.1) is 5.41 Å². The van der Waals surface area contributed by atoms with Crippen molar-refractivity contribution in [2.24, 2.45) is 0 Å². The van der Waals surface area contributed by atoms with Crippen molar-refractivity contribution in [3.05, 3.63) is 34.9 Å². The molecule has 3 rings (SSSR count). The SMILES string of the molecule is O=C(N1CCC(O)(C(F)(F)F)CC1)C1(c2ccc(Cl)cc2)CC1. The Morgan fingerprint density at radius 2 is 1.61 bits per heavy atom. The molecule has 1 saturated heterocycles. The topological polar surface area (TPSA) is 40.5 Å². The van der Waals surface area contributed by atoms with Crippen molar-refractivity contribution < 1.29 is 23.1 Å². The molecule has 1 heterocycles. The van der Waals surface area contributed by atoms with Gasteiger partial charge in [-0.15, -0.1) is 0 Å². The summed E-state index contributed by atoms with van der Waals surface area (Å²) in [6.45, 7) is -0.158. The van der Waals surface area contributed by atoms with Gasteiger partial charge in [0.1, 0.15) is 0 Å². The quantitative estimate of drug-likeness (QED) is 0.892. The first-order valence-corrected chi connectivity index (χ1v) is 7.90. The zero-order chi connectivity index (χ0) is 16.9. The molecule has 23 heavy (non-hydrogen) atoms. The van der Waals surface area contributed by atoms with Gasteiger partial charge in [-0.05, 0) is 30.5 Å². The van der Waals surface area contributed by atoms with Crippen molar-refractivity contribution in [2.75, 3.05) is 13.1 Å². The van der Waals surface area contributed by atoms with E-state index in [2.05, 4.69) is 0 Å². The molecule has 126 valence electrons. The lowest BCUT2D eigenvalue weighted by molar-refractivity contribution is -0.272. The highest BCUT2D eigenvalue weighted by atomic mass is 35.5. The second kappa shape index (κ2) is 5.38. The van der Waals surface area contributed by atoms with Gasteiger partial charge in [0.25, 0.3) is 0 Å². The van der Waals surface area contributed by atoms with Gasteiger partial charge in [-0.2, -0.15) is 13.2 Å². The number of alkyl halides is 3. The van der Waals surface area contributed by atoms with E-state index in [4.69, 9.17) is 11.6 Å². The molecule has 2 aliphatic rings. The first-order valence-electron chi connectivity index (χ1n) is 7.53. The molecule has 1 aromatic carbocycles. The summed E-state index contributed by atoms with van der Waals surface area (Å²) in [6.07, 6.45) is -4.23. The van der Waals surface area contributed by atoms with Crippen LogP contribution in [0, 0.1) is 0 Å². The number of halogens is 4. The maximum atomic E-state index is 12.8. The molecule has 1 saturated carbocycles. The Hall–Kier alpha value is -1.27. The molecule has 1 N–H and O–H groups in total. The standard InChI is InChI=1S/C16H17ClF3NO2/c17-12-3-1-11(2-4-12)14(5-6-14)13(22)21-9-7-15(23,8-10-21)16(18,19)20/h1-4,23H,5-10H2. The first-order chi connectivity index (χ1) is 10.7. The van der Waals surface area contributed by atoms with Crippen molar-refractivity contribution in [1.82, 2.24) is 4.90 Å². The molecular weight excluding hydrogens is 331 g/mol. The van der Waals surface area contributed by atoms with E-state index < -0.39 is 30.0 Å². The molecule has 0 radical (unpaired) electrons. The first kappa shape index (κ1) is 16.6. The number of likely N-dealkylation sites (tertiary alicyclic amines) is 1. The van der Waals surface area contributed by atoms with Crippen molar-refractivity contribution in [2.45, 2.75) is 42.9 Å². The Kier molecular flexibility index (Phi) is 3.88. The van der Waals surface area contributed by atoms with Crippen molar-refractivity contribution in [3.63, 3.8) is 0 Å². The summed E-state index contributed by atoms with van der Waals surface area (Å²) >= 11 is 5.85. The van der Waals surface area contributed by atoms with Crippen molar-refractivity contribution in [1.29, 1.82) is 0 Å². The van der Waals surface area contributed by atoms with Crippen LogP contribution < -0.4 is 0 Å². The number of aliphatic hydroxyl groups is 1. The summed E-state index contributed by atoms with van der Waals surface area (Å²) in [5.74, 6) is -0.149. The van der Waals surface area contributed by atoms with Crippen LogP contribution in [0.1, 0.15) is 31.2 Å². The number of nitrogens with zero attached hydrogens (tertiary/aromatic N) is 1. The molecule has 3 nitrogen and oxygen atoms in total. The van der Waals surface area contributed by atoms with Gasteiger partial charge in [-0.1, -0.05) is 23.7 Å². The molecule has 1 aliphatic heterocycles. The van der Waals surface area contributed by atoms with Crippen LogP contribution in [0.25, 0.3) is 0 Å². The highest BCUT2D eigenvalue weighted by Crippen LogP contribution is 2.50. The fourth-order valence-electron chi connectivity index (χ4n) is 3.19. The van der Waals surface area contributed by atoms with Gasteiger partial charge in [0, 0.05) is 31.0 Å². The summed E-state index contributed by atoms with van der Waals surface area (Å²) in [6, 6.07) is 7.01. The Morgan fingerprint density at radius 1 is 1.09 bits per heavy atom. The van der Waals surface area contributed by atoms with Crippen LogP contribution in [0.3, 0.4) is 0 Å². The normalized spacial score (nSPS) is 22.7. The van der Waals surface area contributed by atoms with E-state index in [1.165, 1.54) is 4.90 Å². The average molecular weight is 348 g/mol. The van der Waals surface area contributed by atoms with Gasteiger partial charge >= 0.3 is 6.18 Å². The van der Waals surface area contributed by atoms with Crippen LogP contribution in [0.4, 0.5) is 13.2 Å². The fraction of sp³-hybridized carbons (Fsp3) is 0.562. The lowest BCUT2D eigenvalue weighted by Gasteiger charge is -2.40. The van der Waals surface area contributed by atoms with E-state index in [0.717, 1.165) is 5.56 Å². The summed E-state index contributed by atoms with van der Waals surface area (Å²) in [4.78, 5) is 14.2. The second-order valence-corrected chi connectivity index (χ2v) is 6.85. The van der Waals surface area contributed by atoms with Crippen LogP contribution in [0.15, 0.2) is 24.3 Å². The zero-order valence-electron chi connectivity index (χ0n) is 12.4. The molecular formula is C16H17ClF3NO2. The van der Waals surface area contributed by atoms with E-state index in [0.29, 0.717) is 17.9 Å². The van der Waals surface area contributed by atoms with Gasteiger partial charge in [0.2, 0.25) is 5.91 Å². The van der Waals surface area contributed by atoms with E-state index in [1.54, 1.807) is 24.3 Å². The van der Waals surface area contributed by atoms with Crippen molar-refractivity contribution in [3.8, 4) is 0 Å². The number of carbonyl (C=O) groups is 1. The lowest BCUT2D eigenvalue weighted by Crippen LogP contribution is -2.55. The predicted molar refractivity (Wildman–Crippen MR) is 79.2 cm³/mol. The van der Waals surface area contributed by atoms with Gasteiger partial charge < -0.3 is 10.0 Å². The third-order valence-electron chi connectivity index (χ3n) is 4.96. The average Bonchev–Trinajstić information content (AvgIpc) is 3.29. The van der Waals surface area contributed by atoms with E-state index in [-0.39, 0.29) is 19.0 Å². The van der Waals surface area contributed by atoms with Gasteiger partial charge in [0.15, 0.2) is 5.60 Å². The number of benzene rings is 1. The number of hydrogen-bond donors (Lipinski definition) is 1. The molecule has 0 bridgehead atoms. The summed E-state index contributed by atoms with van der Waals surface area (Å²) in [5.41, 5.74) is -2.46. The zero-order valence-corrected chi connectivity index (χ0v) is 13.1. The minimum absolute atomic E-state index is 0.0792. The van der Waals surface area contributed by atoms with Crippen LogP contribution in [-0.2, 0) is 10.2 Å². The summed E-state index contributed by atoms with van der Waals surface area (Å²) < 4.78 is 38.5. The highest BCUT2D eigenvalue weighted by Gasteiger charge is 2.58. The molecule has 1 aliphatic carbocycles. The fourth-order valence-corrected chi connectivity index (χ4v) is 3.31. The smallest absolute Gasteiger partial charge is 0.380 e. The molecule has 0 atom stereocenters. The predicted octanol–water partition coefficient (Wildman–Crippen LogP) is 3.29. The number of amides is 1. The van der Waals surface area contributed by atoms with Crippen LogP contribution >= 0.6 is 11.6 Å². The maximum Gasteiger partial charge on any atom is 0.417 e. The van der Waals surface area contributed by atoms with Crippen LogP contribution in [0.5, 0.6) is 0 Å². The van der Waals surface area contributed by atoms with Crippen LogP contribution in [0.2, 0.25) is 5.02 Å². The Balaban J connectivity index is 1.72. The Labute approximate surface area is 137 Å². The Morgan fingerprint density at radius 3 is 2.04 bits per heavy atom. The van der Waals surface area contributed by atoms with Crippen molar-refractivity contribution >= 4 is 17.5 Å². The van der Waals surface area contributed by atoms with Gasteiger partial charge in [-0.25, -0.2) is 0 Å². The lowest BCUT2D eigenvalue weighted by atomic mass is 9.88. The molecule has 1 aromatic rings. The number of piperidine rings is 1. The molecule has 0 aromatic heterocycles. The molecule has 0 unspecified atom stereocenters. The molecule has 7 heteroatoms. The number of carbonyl (C=O) groups excluding carboxylic acids is 1. The highest BCUT2D eigenvalue weighted by molar-refractivity contribution is 6.30. The number of rotatable bonds is 2. The minimum atomic E-state index is -4.66. The second-order valence-electron chi connectivity index (χ2n) is 6.41. The van der Waals surface area contributed by atoms with E-state index >= 15 is 0 Å². The number of hydrogen-bond acceptors (Lipinski definition) is 2. The van der Waals surface area contributed by atoms with Gasteiger partial charge in [-0.3, -0.25) is 4.79 Å². The monoisotopic (exact) mass is 347 g/mol. The largest absolute Gasteiger partial charge is 0.417 e. The molecule has 2 fully saturated rings. The third kappa shape index (κ3) is 2.83. The molecule has 0 spiro atoms. The van der Waals surface area contributed by atoms with E-state index in [1.807, 2.05) is 0 Å². The molecule has 1 amide bonds. The summed E-state index contributed by atoms with van der Waals surface area (Å²) in [5, 5.41) is 10.3. The Bertz CT molecular complexity index is 603. The summed E-state index contributed by atoms with van der Waals surface area (Å²) in [7, 11) is 0.